The number of hydrogen-bond acceptors (Lipinski definition) is 3. The zero-order valence-corrected chi connectivity index (χ0v) is 11.8. The first-order chi connectivity index (χ1) is 9.52. The van der Waals surface area contributed by atoms with Crippen molar-refractivity contribution in [3.05, 3.63) is 47.5 Å². The number of rotatable bonds is 6. The summed E-state index contributed by atoms with van der Waals surface area (Å²) in [5, 5.41) is 2.64. The topological polar surface area (TPSA) is 81.4 Å². The third-order valence-corrected chi connectivity index (χ3v) is 2.71. The monoisotopic (exact) mass is 276 g/mol. The minimum atomic E-state index is -0.530. The molecule has 5 nitrogen and oxygen atoms in total. The highest BCUT2D eigenvalue weighted by molar-refractivity contribution is 5.91. The predicted octanol–water partition coefficient (Wildman–Crippen LogP) is 2.12. The number of alkyl carbamates (subject to hydrolysis) is 1. The van der Waals surface area contributed by atoms with Crippen molar-refractivity contribution in [3.63, 3.8) is 0 Å². The number of benzene rings is 1. The Morgan fingerprint density at radius 3 is 2.55 bits per heavy atom. The van der Waals surface area contributed by atoms with Crippen molar-refractivity contribution in [3.8, 4) is 0 Å². The van der Waals surface area contributed by atoms with Crippen LogP contribution in [0.1, 0.15) is 25.8 Å². The number of carbonyl (C=O) groups excluding carboxylic acids is 2. The molecule has 1 aromatic carbocycles. The molecule has 0 aliphatic rings. The first kappa shape index (κ1) is 15.8. The Balaban J connectivity index is 2.44. The van der Waals surface area contributed by atoms with Crippen LogP contribution in [0.2, 0.25) is 0 Å². The fourth-order valence-corrected chi connectivity index (χ4v) is 1.67. The minimum absolute atomic E-state index is 0.395. The van der Waals surface area contributed by atoms with Gasteiger partial charge >= 0.3 is 6.09 Å². The lowest BCUT2D eigenvalue weighted by Gasteiger charge is -2.12. The number of hydrogen-bond donors (Lipinski definition) is 2. The van der Waals surface area contributed by atoms with Crippen LogP contribution in [0.25, 0.3) is 0 Å². The Labute approximate surface area is 118 Å². The first-order valence-electron chi connectivity index (χ1n) is 6.51. The highest BCUT2D eigenvalue weighted by Gasteiger charge is 2.10. The van der Waals surface area contributed by atoms with Crippen LogP contribution in [0.15, 0.2) is 42.0 Å². The van der Waals surface area contributed by atoms with Gasteiger partial charge in [0.1, 0.15) is 6.10 Å². The molecule has 0 spiro atoms. The van der Waals surface area contributed by atoms with Gasteiger partial charge in [-0.15, -0.1) is 0 Å². The fraction of sp³-hybridized carbons (Fsp3) is 0.333. The average molecular weight is 276 g/mol. The zero-order chi connectivity index (χ0) is 15.0. The molecule has 5 heteroatoms. The second-order valence-electron chi connectivity index (χ2n) is 4.36. The number of ether oxygens (including phenoxy) is 1. The van der Waals surface area contributed by atoms with Crippen LogP contribution in [-0.2, 0) is 16.1 Å². The van der Waals surface area contributed by atoms with Gasteiger partial charge in [0.25, 0.3) is 0 Å². The molecule has 0 radical (unpaired) electrons. The van der Waals surface area contributed by atoms with Crippen molar-refractivity contribution in [1.29, 1.82) is 0 Å². The average Bonchev–Trinajstić information content (AvgIpc) is 2.43. The van der Waals surface area contributed by atoms with Crippen LogP contribution in [0.5, 0.6) is 0 Å². The lowest BCUT2D eigenvalue weighted by molar-refractivity contribution is -0.114. The number of nitrogens with one attached hydrogen (secondary N) is 1. The van der Waals surface area contributed by atoms with E-state index < -0.39 is 18.1 Å². The molecule has 108 valence electrons. The van der Waals surface area contributed by atoms with Gasteiger partial charge in [-0.2, -0.15) is 0 Å². The van der Waals surface area contributed by atoms with Gasteiger partial charge in [-0.05, 0) is 25.0 Å². The lowest BCUT2D eigenvalue weighted by atomic mass is 10.1. The molecular weight excluding hydrogens is 256 g/mol. The molecule has 0 aliphatic carbocycles. The van der Waals surface area contributed by atoms with Gasteiger partial charge in [-0.3, -0.25) is 4.79 Å². The van der Waals surface area contributed by atoms with Gasteiger partial charge in [-0.1, -0.05) is 37.3 Å². The molecule has 0 saturated carbocycles. The second-order valence-corrected chi connectivity index (χ2v) is 4.36. The molecule has 0 fully saturated rings. The fourth-order valence-electron chi connectivity index (χ4n) is 1.67. The van der Waals surface area contributed by atoms with E-state index >= 15 is 0 Å². The lowest BCUT2D eigenvalue weighted by Crippen LogP contribution is -2.27. The van der Waals surface area contributed by atoms with Crippen LogP contribution < -0.4 is 11.1 Å². The summed E-state index contributed by atoms with van der Waals surface area (Å²) >= 11 is 0. The maximum atomic E-state index is 11.6. The summed E-state index contributed by atoms with van der Waals surface area (Å²) in [5.41, 5.74) is 6.64. The quantitative estimate of drug-likeness (QED) is 0.781. The Morgan fingerprint density at radius 2 is 2.00 bits per heavy atom. The Bertz CT molecular complexity index is 483. The number of amides is 2. The van der Waals surface area contributed by atoms with Crippen LogP contribution in [0.3, 0.4) is 0 Å². The van der Waals surface area contributed by atoms with E-state index in [9.17, 15) is 9.59 Å². The largest absolute Gasteiger partial charge is 0.442 e. The van der Waals surface area contributed by atoms with E-state index in [4.69, 9.17) is 10.5 Å². The van der Waals surface area contributed by atoms with Crippen molar-refractivity contribution in [2.24, 2.45) is 5.73 Å². The molecule has 0 saturated heterocycles. The van der Waals surface area contributed by atoms with Crippen LogP contribution >= 0.6 is 0 Å². The van der Waals surface area contributed by atoms with E-state index in [2.05, 4.69) is 5.32 Å². The van der Waals surface area contributed by atoms with E-state index in [0.717, 1.165) is 5.56 Å². The molecule has 20 heavy (non-hydrogen) atoms. The molecule has 3 N–H and O–H groups in total. The molecule has 1 aromatic rings. The van der Waals surface area contributed by atoms with Gasteiger partial charge in [0.15, 0.2) is 0 Å². The Hall–Kier alpha value is -2.30. The van der Waals surface area contributed by atoms with Gasteiger partial charge in [-0.25, -0.2) is 4.79 Å². The van der Waals surface area contributed by atoms with Crippen LogP contribution in [0.4, 0.5) is 4.79 Å². The normalized spacial score (nSPS) is 12.6. The van der Waals surface area contributed by atoms with Crippen molar-refractivity contribution >= 4 is 12.0 Å². The van der Waals surface area contributed by atoms with E-state index in [1.54, 1.807) is 13.0 Å². The van der Waals surface area contributed by atoms with E-state index in [0.29, 0.717) is 18.5 Å². The summed E-state index contributed by atoms with van der Waals surface area (Å²) in [6.07, 6.45) is 1.03. The molecule has 0 aliphatic heterocycles. The second kappa shape index (κ2) is 7.99. The zero-order valence-electron chi connectivity index (χ0n) is 11.8. The summed E-state index contributed by atoms with van der Waals surface area (Å²) in [5.74, 6) is -0.493. The molecule has 1 rings (SSSR count). The van der Waals surface area contributed by atoms with Crippen molar-refractivity contribution in [1.82, 2.24) is 5.32 Å². The smallest absolute Gasteiger partial charge is 0.407 e. The third-order valence-electron chi connectivity index (χ3n) is 2.71. The third kappa shape index (κ3) is 5.56. The van der Waals surface area contributed by atoms with E-state index in [-0.39, 0.29) is 0 Å². The summed E-state index contributed by atoms with van der Waals surface area (Å²) < 4.78 is 5.12. The maximum Gasteiger partial charge on any atom is 0.407 e. The highest BCUT2D eigenvalue weighted by atomic mass is 16.6. The van der Waals surface area contributed by atoms with Crippen molar-refractivity contribution < 1.29 is 14.3 Å². The van der Waals surface area contributed by atoms with Gasteiger partial charge in [0.05, 0.1) is 0 Å². The molecular formula is C15H20N2O3. The molecule has 2 amide bonds. The van der Waals surface area contributed by atoms with Gasteiger partial charge < -0.3 is 15.8 Å². The van der Waals surface area contributed by atoms with Gasteiger partial charge in [0.2, 0.25) is 5.91 Å². The van der Waals surface area contributed by atoms with Crippen LogP contribution in [-0.4, -0.2) is 18.1 Å². The van der Waals surface area contributed by atoms with Crippen molar-refractivity contribution in [2.75, 3.05) is 0 Å². The van der Waals surface area contributed by atoms with Crippen LogP contribution in [0, 0.1) is 0 Å². The molecule has 1 atom stereocenters. The summed E-state index contributed by atoms with van der Waals surface area (Å²) in [7, 11) is 0. The molecule has 1 unspecified atom stereocenters. The standard InChI is InChI=1S/C15H20N2O3/c1-3-13(14(16)18)9-11(2)20-15(19)17-10-12-7-5-4-6-8-12/h4-9,11H,3,10H2,1-2H3,(H2,16,18)(H,17,19)/b13-9+. The highest BCUT2D eigenvalue weighted by Crippen LogP contribution is 2.05. The van der Waals surface area contributed by atoms with Gasteiger partial charge in [0, 0.05) is 12.1 Å². The summed E-state index contributed by atoms with van der Waals surface area (Å²) in [6, 6.07) is 9.52. The predicted molar refractivity (Wildman–Crippen MR) is 76.8 cm³/mol. The number of carbonyl (C=O) groups is 2. The van der Waals surface area contributed by atoms with Crippen molar-refractivity contribution in [2.45, 2.75) is 32.9 Å². The Morgan fingerprint density at radius 1 is 1.35 bits per heavy atom. The summed E-state index contributed by atoms with van der Waals surface area (Å²) in [4.78, 5) is 22.6. The molecule has 0 aromatic heterocycles. The van der Waals surface area contributed by atoms with E-state index in [1.165, 1.54) is 0 Å². The maximum absolute atomic E-state index is 11.6. The number of nitrogens with two attached hydrogens (primary N) is 1. The Kier molecular flexibility index (Phi) is 6.29. The molecule has 0 heterocycles. The molecule has 0 bridgehead atoms. The minimum Gasteiger partial charge on any atom is -0.442 e. The SMILES string of the molecule is CC/C(=C\C(C)OC(=O)NCc1ccccc1)C(N)=O. The summed E-state index contributed by atoms with van der Waals surface area (Å²) in [6.45, 7) is 3.89. The van der Waals surface area contributed by atoms with E-state index in [1.807, 2.05) is 37.3 Å². The number of primary amides is 1. The first-order valence-corrected chi connectivity index (χ1v) is 6.51.